The third kappa shape index (κ3) is 2.33. The molecule has 0 radical (unpaired) electrons. The second-order valence-electron chi connectivity index (χ2n) is 4.89. The highest BCUT2D eigenvalue weighted by atomic mass is 16.1. The molecule has 0 spiro atoms. The molecule has 0 bridgehead atoms. The Hall–Kier alpha value is -2.82. The van der Waals surface area contributed by atoms with Crippen LogP contribution in [0, 0.1) is 6.92 Å². The fourth-order valence-corrected chi connectivity index (χ4v) is 2.28. The Morgan fingerprint density at radius 3 is 2.71 bits per heavy atom. The van der Waals surface area contributed by atoms with Crippen molar-refractivity contribution < 1.29 is 4.79 Å². The van der Waals surface area contributed by atoms with Crippen LogP contribution in [-0.2, 0) is 0 Å². The number of aromatic nitrogens is 3. The maximum atomic E-state index is 11.7. The van der Waals surface area contributed by atoms with Crippen LogP contribution in [0.3, 0.4) is 0 Å². The van der Waals surface area contributed by atoms with E-state index in [-0.39, 0.29) is 5.78 Å². The Morgan fingerprint density at radius 2 is 2.00 bits per heavy atom. The number of hydrogen-bond acceptors (Lipinski definition) is 5. The number of nitrogen functional groups attached to an aromatic ring is 1. The number of ketones is 1. The standard InChI is InChI=1S/C16H14N4O/c1-9-7-11(5-6-18-9)14-4-3-12-13(10(2)21)8-19-16(17)15(12)20-14/h3-8H,1-2H3,(H2,17,19). The van der Waals surface area contributed by atoms with E-state index in [1.54, 1.807) is 6.20 Å². The van der Waals surface area contributed by atoms with Gasteiger partial charge in [0.25, 0.3) is 0 Å². The molecule has 0 aromatic carbocycles. The van der Waals surface area contributed by atoms with Crippen LogP contribution in [0.15, 0.2) is 36.7 Å². The third-order valence-corrected chi connectivity index (χ3v) is 3.33. The van der Waals surface area contributed by atoms with E-state index in [4.69, 9.17) is 5.73 Å². The van der Waals surface area contributed by atoms with Gasteiger partial charge in [-0.3, -0.25) is 9.78 Å². The zero-order valence-electron chi connectivity index (χ0n) is 11.8. The Morgan fingerprint density at radius 1 is 1.19 bits per heavy atom. The predicted molar refractivity (Wildman–Crippen MR) is 81.9 cm³/mol. The first-order valence-corrected chi connectivity index (χ1v) is 6.55. The normalized spacial score (nSPS) is 10.8. The van der Waals surface area contributed by atoms with Crippen LogP contribution in [0.4, 0.5) is 5.82 Å². The zero-order valence-corrected chi connectivity index (χ0v) is 11.8. The molecule has 0 aliphatic heterocycles. The highest BCUT2D eigenvalue weighted by Crippen LogP contribution is 2.26. The Balaban J connectivity index is 2.25. The number of hydrogen-bond donors (Lipinski definition) is 1. The van der Waals surface area contributed by atoms with Gasteiger partial charge in [0, 0.05) is 34.6 Å². The first-order chi connectivity index (χ1) is 10.1. The number of Topliss-reactive ketones (excluding diaryl/α,β-unsaturated/α-hetero) is 1. The number of nitrogens with two attached hydrogens (primary N) is 1. The van der Waals surface area contributed by atoms with Gasteiger partial charge < -0.3 is 5.73 Å². The van der Waals surface area contributed by atoms with Crippen molar-refractivity contribution in [2.75, 3.05) is 5.73 Å². The lowest BCUT2D eigenvalue weighted by Gasteiger charge is -2.08. The molecule has 0 aliphatic carbocycles. The van der Waals surface area contributed by atoms with Gasteiger partial charge in [-0.25, -0.2) is 9.97 Å². The van der Waals surface area contributed by atoms with E-state index in [2.05, 4.69) is 15.0 Å². The van der Waals surface area contributed by atoms with Crippen LogP contribution in [0.5, 0.6) is 0 Å². The summed E-state index contributed by atoms with van der Waals surface area (Å²) in [5, 5.41) is 0.726. The lowest BCUT2D eigenvalue weighted by Crippen LogP contribution is -2.01. The maximum absolute atomic E-state index is 11.7. The van der Waals surface area contributed by atoms with Crippen molar-refractivity contribution in [2.45, 2.75) is 13.8 Å². The summed E-state index contributed by atoms with van der Waals surface area (Å²) in [5.41, 5.74) is 9.64. The van der Waals surface area contributed by atoms with Crippen molar-refractivity contribution in [1.29, 1.82) is 0 Å². The Labute approximate surface area is 121 Å². The highest BCUT2D eigenvalue weighted by molar-refractivity contribution is 6.08. The molecule has 0 atom stereocenters. The summed E-state index contributed by atoms with van der Waals surface area (Å²) in [6.45, 7) is 3.43. The van der Waals surface area contributed by atoms with Gasteiger partial charge >= 0.3 is 0 Å². The molecule has 3 aromatic rings. The SMILES string of the molecule is CC(=O)c1cnc(N)c2nc(-c3ccnc(C)c3)ccc12. The quantitative estimate of drug-likeness (QED) is 0.729. The van der Waals surface area contributed by atoms with Gasteiger partial charge in [-0.05, 0) is 38.1 Å². The maximum Gasteiger partial charge on any atom is 0.162 e. The lowest BCUT2D eigenvalue weighted by molar-refractivity contribution is 0.101. The highest BCUT2D eigenvalue weighted by Gasteiger charge is 2.11. The van der Waals surface area contributed by atoms with Gasteiger partial charge in [0.15, 0.2) is 5.78 Å². The van der Waals surface area contributed by atoms with Crippen LogP contribution in [-0.4, -0.2) is 20.7 Å². The third-order valence-electron chi connectivity index (χ3n) is 3.33. The molecule has 0 aliphatic rings. The molecule has 5 nitrogen and oxygen atoms in total. The number of anilines is 1. The molecule has 3 rings (SSSR count). The average molecular weight is 278 g/mol. The smallest absolute Gasteiger partial charge is 0.162 e. The summed E-state index contributed by atoms with van der Waals surface area (Å²) in [7, 11) is 0. The number of fused-ring (bicyclic) bond motifs is 1. The van der Waals surface area contributed by atoms with Crippen molar-refractivity contribution >= 4 is 22.5 Å². The first kappa shape index (κ1) is 13.2. The molecule has 2 N–H and O–H groups in total. The van der Waals surface area contributed by atoms with Crippen molar-refractivity contribution in [3.05, 3.63) is 47.9 Å². The Bertz CT molecular complexity index is 858. The molecule has 0 unspecified atom stereocenters. The van der Waals surface area contributed by atoms with Crippen molar-refractivity contribution in [3.63, 3.8) is 0 Å². The van der Waals surface area contributed by atoms with Crippen molar-refractivity contribution in [3.8, 4) is 11.3 Å². The number of aryl methyl sites for hydroxylation is 1. The monoisotopic (exact) mass is 278 g/mol. The predicted octanol–water partition coefficient (Wildman–Crippen LogP) is 2.79. The van der Waals surface area contributed by atoms with E-state index in [1.165, 1.54) is 13.1 Å². The van der Waals surface area contributed by atoms with E-state index >= 15 is 0 Å². The number of carbonyl (C=O) groups is 1. The minimum absolute atomic E-state index is 0.0539. The summed E-state index contributed by atoms with van der Waals surface area (Å²) in [4.78, 5) is 24.5. The van der Waals surface area contributed by atoms with Gasteiger partial charge in [-0.15, -0.1) is 0 Å². The minimum atomic E-state index is -0.0539. The number of rotatable bonds is 2. The molecule has 0 saturated heterocycles. The molecule has 3 heterocycles. The van der Waals surface area contributed by atoms with Crippen LogP contribution in [0.1, 0.15) is 23.0 Å². The van der Waals surface area contributed by atoms with Crippen molar-refractivity contribution in [2.24, 2.45) is 0 Å². The number of nitrogens with zero attached hydrogens (tertiary/aromatic N) is 3. The second-order valence-corrected chi connectivity index (χ2v) is 4.89. The molecule has 104 valence electrons. The molecular formula is C16H14N4O. The van der Waals surface area contributed by atoms with Gasteiger partial charge in [-0.1, -0.05) is 0 Å². The molecule has 0 fully saturated rings. The van der Waals surface area contributed by atoms with E-state index in [1.807, 2.05) is 31.2 Å². The fraction of sp³-hybridized carbons (Fsp3) is 0.125. The van der Waals surface area contributed by atoms with Gasteiger partial charge in [0.05, 0.1) is 5.69 Å². The van der Waals surface area contributed by atoms with E-state index < -0.39 is 0 Å². The average Bonchev–Trinajstić information content (AvgIpc) is 2.47. The summed E-state index contributed by atoms with van der Waals surface area (Å²) in [6.07, 6.45) is 3.24. The van der Waals surface area contributed by atoms with E-state index in [9.17, 15) is 4.79 Å². The molecular weight excluding hydrogens is 264 g/mol. The summed E-state index contributed by atoms with van der Waals surface area (Å²) >= 11 is 0. The number of carbonyl (C=O) groups excluding carboxylic acids is 1. The first-order valence-electron chi connectivity index (χ1n) is 6.55. The van der Waals surface area contributed by atoms with E-state index in [0.29, 0.717) is 16.9 Å². The van der Waals surface area contributed by atoms with Crippen molar-refractivity contribution in [1.82, 2.24) is 15.0 Å². The molecule has 0 saturated carbocycles. The number of pyridine rings is 3. The van der Waals surface area contributed by atoms with Crippen LogP contribution in [0.2, 0.25) is 0 Å². The summed E-state index contributed by atoms with van der Waals surface area (Å²) in [6, 6.07) is 7.58. The molecule has 5 heteroatoms. The minimum Gasteiger partial charge on any atom is -0.382 e. The lowest BCUT2D eigenvalue weighted by atomic mass is 10.1. The fourth-order valence-electron chi connectivity index (χ4n) is 2.28. The van der Waals surface area contributed by atoms with Crippen LogP contribution < -0.4 is 5.73 Å². The van der Waals surface area contributed by atoms with Crippen LogP contribution in [0.25, 0.3) is 22.2 Å². The van der Waals surface area contributed by atoms with Gasteiger partial charge in [0.2, 0.25) is 0 Å². The molecule has 3 aromatic heterocycles. The Kier molecular flexibility index (Phi) is 3.10. The molecule has 0 amide bonds. The topological polar surface area (TPSA) is 81.8 Å². The van der Waals surface area contributed by atoms with Crippen LogP contribution >= 0.6 is 0 Å². The summed E-state index contributed by atoms with van der Waals surface area (Å²) < 4.78 is 0. The largest absolute Gasteiger partial charge is 0.382 e. The molecule has 21 heavy (non-hydrogen) atoms. The summed E-state index contributed by atoms with van der Waals surface area (Å²) in [5.74, 6) is 0.268. The van der Waals surface area contributed by atoms with E-state index in [0.717, 1.165) is 22.3 Å². The van der Waals surface area contributed by atoms with Gasteiger partial charge in [0.1, 0.15) is 11.3 Å². The zero-order chi connectivity index (χ0) is 15.0. The van der Waals surface area contributed by atoms with Gasteiger partial charge in [-0.2, -0.15) is 0 Å². The second kappa shape index (κ2) is 4.94.